The number of hydrogen-bond donors (Lipinski definition) is 0. The molecule has 0 saturated heterocycles. The molecule has 1 aromatic rings. The molecule has 21 heavy (non-hydrogen) atoms. The molecule has 0 saturated carbocycles. The molecule has 0 aromatic carbocycles. The molecule has 0 bridgehead atoms. The standard InChI is InChI=1S/C12H17F3N2O2S2/c1-4-20-8-9(2)17(3)21(18,19)10-5-6-11(16-7-10)12(13,14)15/h5-7,9H,4,8H2,1-3H3/t9-/m0/s1. The third kappa shape index (κ3) is 4.58. The SMILES string of the molecule is CCSC[C@H](C)N(C)S(=O)(=O)c1ccc(C(F)(F)F)nc1. The first kappa shape index (κ1) is 18.2. The number of halogens is 3. The van der Waals surface area contributed by atoms with Crippen LogP contribution >= 0.6 is 11.8 Å². The summed E-state index contributed by atoms with van der Waals surface area (Å²) in [4.78, 5) is 2.94. The first-order valence-electron chi connectivity index (χ1n) is 6.19. The maximum Gasteiger partial charge on any atom is 0.433 e. The fourth-order valence-corrected chi connectivity index (χ4v) is 3.70. The highest BCUT2D eigenvalue weighted by atomic mass is 32.2. The Morgan fingerprint density at radius 2 is 2.00 bits per heavy atom. The average molecular weight is 342 g/mol. The molecule has 1 heterocycles. The van der Waals surface area contributed by atoms with Crippen LogP contribution in [0.15, 0.2) is 23.2 Å². The van der Waals surface area contributed by atoms with E-state index in [1.165, 1.54) is 7.05 Å². The highest BCUT2D eigenvalue weighted by Gasteiger charge is 2.33. The molecule has 0 unspecified atom stereocenters. The number of hydrogen-bond acceptors (Lipinski definition) is 4. The lowest BCUT2D eigenvalue weighted by Gasteiger charge is -2.23. The highest BCUT2D eigenvalue weighted by Crippen LogP contribution is 2.28. The second kappa shape index (κ2) is 6.97. The first-order chi connectivity index (χ1) is 9.60. The largest absolute Gasteiger partial charge is 0.433 e. The quantitative estimate of drug-likeness (QED) is 0.798. The summed E-state index contributed by atoms with van der Waals surface area (Å²) in [5.41, 5.74) is -1.11. The summed E-state index contributed by atoms with van der Waals surface area (Å²) in [7, 11) is -2.43. The fraction of sp³-hybridized carbons (Fsp3) is 0.583. The van der Waals surface area contributed by atoms with Gasteiger partial charge in [0.05, 0.1) is 0 Å². The van der Waals surface area contributed by atoms with Crippen molar-refractivity contribution in [3.05, 3.63) is 24.0 Å². The van der Waals surface area contributed by atoms with Crippen LogP contribution in [0.1, 0.15) is 19.5 Å². The van der Waals surface area contributed by atoms with Crippen LogP contribution in [0.3, 0.4) is 0 Å². The van der Waals surface area contributed by atoms with E-state index < -0.39 is 21.9 Å². The second-order valence-electron chi connectivity index (χ2n) is 4.41. The fourth-order valence-electron chi connectivity index (χ4n) is 1.50. The zero-order chi connectivity index (χ0) is 16.3. The van der Waals surface area contributed by atoms with Gasteiger partial charge in [0, 0.05) is 25.0 Å². The normalized spacial score (nSPS) is 14.4. The van der Waals surface area contributed by atoms with Crippen LogP contribution < -0.4 is 0 Å². The Labute approximate surface area is 126 Å². The van der Waals surface area contributed by atoms with E-state index in [1.54, 1.807) is 18.7 Å². The Morgan fingerprint density at radius 1 is 1.38 bits per heavy atom. The Kier molecular flexibility index (Phi) is 6.06. The number of sulfonamides is 1. The smallest absolute Gasteiger partial charge is 0.250 e. The number of aromatic nitrogens is 1. The molecule has 1 rings (SSSR count). The van der Waals surface area contributed by atoms with Crippen LogP contribution in [0, 0.1) is 0 Å². The van der Waals surface area contributed by atoms with Crippen LogP contribution in [-0.2, 0) is 16.2 Å². The lowest BCUT2D eigenvalue weighted by molar-refractivity contribution is -0.141. The minimum Gasteiger partial charge on any atom is -0.250 e. The number of nitrogens with zero attached hydrogens (tertiary/aromatic N) is 2. The Bertz CT molecular complexity index is 559. The molecule has 0 spiro atoms. The van der Waals surface area contributed by atoms with E-state index in [0.717, 1.165) is 22.3 Å². The van der Waals surface area contributed by atoms with Crippen molar-refractivity contribution in [2.45, 2.75) is 31.0 Å². The molecule has 0 aliphatic carbocycles. The van der Waals surface area contributed by atoms with Gasteiger partial charge in [0.1, 0.15) is 10.6 Å². The number of rotatable bonds is 6. The molecule has 9 heteroatoms. The molecule has 1 atom stereocenters. The number of alkyl halides is 3. The third-order valence-corrected chi connectivity index (χ3v) is 5.97. The summed E-state index contributed by atoms with van der Waals surface area (Å²) >= 11 is 1.59. The second-order valence-corrected chi connectivity index (χ2v) is 7.72. The molecule has 0 radical (unpaired) electrons. The average Bonchev–Trinajstić information content (AvgIpc) is 2.43. The van der Waals surface area contributed by atoms with Gasteiger partial charge >= 0.3 is 6.18 Å². The highest BCUT2D eigenvalue weighted by molar-refractivity contribution is 7.99. The van der Waals surface area contributed by atoms with Gasteiger partial charge in [-0.25, -0.2) is 8.42 Å². The van der Waals surface area contributed by atoms with Crippen molar-refractivity contribution in [2.24, 2.45) is 0 Å². The van der Waals surface area contributed by atoms with E-state index >= 15 is 0 Å². The summed E-state index contributed by atoms with van der Waals surface area (Å²) in [6.07, 6.45) is -3.84. The summed E-state index contributed by atoms with van der Waals surface area (Å²) in [6, 6.07) is 1.34. The Morgan fingerprint density at radius 3 is 2.43 bits per heavy atom. The third-order valence-electron chi connectivity index (χ3n) is 2.89. The van der Waals surface area contributed by atoms with Gasteiger partial charge in [0.25, 0.3) is 0 Å². The molecular weight excluding hydrogens is 325 g/mol. The van der Waals surface area contributed by atoms with Crippen molar-refractivity contribution in [2.75, 3.05) is 18.6 Å². The maximum absolute atomic E-state index is 12.4. The maximum atomic E-state index is 12.4. The van der Waals surface area contributed by atoms with Gasteiger partial charge in [0.15, 0.2) is 0 Å². The topological polar surface area (TPSA) is 50.3 Å². The van der Waals surface area contributed by atoms with E-state index in [9.17, 15) is 21.6 Å². The first-order valence-corrected chi connectivity index (χ1v) is 8.79. The molecule has 0 N–H and O–H groups in total. The van der Waals surface area contributed by atoms with Crippen LogP contribution in [-0.4, -0.2) is 42.3 Å². The van der Waals surface area contributed by atoms with Crippen molar-refractivity contribution >= 4 is 21.8 Å². The minimum atomic E-state index is -4.58. The molecule has 0 aliphatic rings. The van der Waals surface area contributed by atoms with Gasteiger partial charge in [-0.05, 0) is 24.8 Å². The van der Waals surface area contributed by atoms with Crippen LogP contribution in [0.5, 0.6) is 0 Å². The summed E-state index contributed by atoms with van der Waals surface area (Å²) < 4.78 is 63.0. The van der Waals surface area contributed by atoms with Crippen LogP contribution in [0.2, 0.25) is 0 Å². The van der Waals surface area contributed by atoms with Gasteiger partial charge < -0.3 is 0 Å². The van der Waals surface area contributed by atoms with Gasteiger partial charge in [-0.1, -0.05) is 6.92 Å². The summed E-state index contributed by atoms with van der Waals surface area (Å²) in [6.45, 7) is 3.71. The molecule has 0 fully saturated rings. The van der Waals surface area contributed by atoms with Crippen molar-refractivity contribution in [3.8, 4) is 0 Å². The van der Waals surface area contributed by atoms with Crippen molar-refractivity contribution in [3.63, 3.8) is 0 Å². The van der Waals surface area contributed by atoms with E-state index in [1.807, 2.05) is 6.92 Å². The van der Waals surface area contributed by atoms with Gasteiger partial charge in [-0.15, -0.1) is 0 Å². The molecule has 0 aliphatic heterocycles. The lowest BCUT2D eigenvalue weighted by Crippen LogP contribution is -2.36. The lowest BCUT2D eigenvalue weighted by atomic mass is 10.3. The number of thioether (sulfide) groups is 1. The predicted molar refractivity (Wildman–Crippen MR) is 76.6 cm³/mol. The van der Waals surface area contributed by atoms with Gasteiger partial charge in [-0.2, -0.15) is 29.2 Å². The molecule has 1 aromatic heterocycles. The van der Waals surface area contributed by atoms with Gasteiger partial charge in [-0.3, -0.25) is 4.98 Å². The van der Waals surface area contributed by atoms with E-state index in [2.05, 4.69) is 4.98 Å². The van der Waals surface area contributed by atoms with Crippen LogP contribution in [0.25, 0.3) is 0 Å². The van der Waals surface area contributed by atoms with Gasteiger partial charge in [0.2, 0.25) is 10.0 Å². The zero-order valence-corrected chi connectivity index (χ0v) is 13.5. The number of pyridine rings is 1. The zero-order valence-electron chi connectivity index (χ0n) is 11.9. The minimum absolute atomic E-state index is 0.244. The van der Waals surface area contributed by atoms with Crippen molar-refractivity contribution < 1.29 is 21.6 Å². The predicted octanol–water partition coefficient (Wildman–Crippen LogP) is 2.86. The Balaban J connectivity index is 2.97. The van der Waals surface area contributed by atoms with E-state index in [4.69, 9.17) is 0 Å². The van der Waals surface area contributed by atoms with Crippen molar-refractivity contribution in [1.29, 1.82) is 0 Å². The molecule has 4 nitrogen and oxygen atoms in total. The van der Waals surface area contributed by atoms with Crippen molar-refractivity contribution in [1.82, 2.24) is 9.29 Å². The monoisotopic (exact) mass is 342 g/mol. The van der Waals surface area contributed by atoms with E-state index in [-0.39, 0.29) is 10.9 Å². The van der Waals surface area contributed by atoms with Crippen LogP contribution in [0.4, 0.5) is 13.2 Å². The molecular formula is C12H17F3N2O2S2. The molecule has 120 valence electrons. The Hall–Kier alpha value is -0.800. The summed E-state index contributed by atoms with van der Waals surface area (Å²) in [5.74, 6) is 1.47. The van der Waals surface area contributed by atoms with E-state index in [0.29, 0.717) is 11.8 Å². The summed E-state index contributed by atoms with van der Waals surface area (Å²) in [5, 5.41) is 0. The molecule has 0 amide bonds.